The van der Waals surface area contributed by atoms with E-state index in [1.165, 1.54) is 0 Å². The summed E-state index contributed by atoms with van der Waals surface area (Å²) >= 11 is 3.55. The average molecular weight is 385 g/mol. The quantitative estimate of drug-likeness (QED) is 0.818. The van der Waals surface area contributed by atoms with Gasteiger partial charge in [-0.1, -0.05) is 15.9 Å². The fourth-order valence-corrected chi connectivity index (χ4v) is 3.19. The zero-order valence-electron chi connectivity index (χ0n) is 14.0. The minimum Gasteiger partial charge on any atom is -0.490 e. The van der Waals surface area contributed by atoms with Gasteiger partial charge in [0, 0.05) is 30.1 Å². The molecule has 23 heavy (non-hydrogen) atoms. The number of carbonyl (C=O) groups is 1. The molecular formula is C17H25BrN2O3. The van der Waals surface area contributed by atoms with Crippen molar-refractivity contribution < 1.29 is 14.3 Å². The van der Waals surface area contributed by atoms with Gasteiger partial charge in [0.1, 0.15) is 0 Å². The van der Waals surface area contributed by atoms with Gasteiger partial charge in [0.05, 0.1) is 19.6 Å². The molecule has 1 aliphatic heterocycles. The minimum absolute atomic E-state index is 0.145. The monoisotopic (exact) mass is 384 g/mol. The third-order valence-corrected chi connectivity index (χ3v) is 4.61. The Hall–Kier alpha value is -1.27. The standard InChI is InChI=1S/C17H25BrN2O3/c1-4-22-15-8-13(14(18)10-16(15)23-5-2)9-17(21)20-7-6-19-11-12(20)3/h8,10,12,19H,4-7,9,11H2,1-3H3. The molecule has 1 N–H and O–H groups in total. The van der Waals surface area contributed by atoms with Crippen LogP contribution >= 0.6 is 15.9 Å². The third kappa shape index (κ3) is 4.61. The van der Waals surface area contributed by atoms with Crippen LogP contribution in [0.1, 0.15) is 26.3 Å². The van der Waals surface area contributed by atoms with E-state index < -0.39 is 0 Å². The average Bonchev–Trinajstić information content (AvgIpc) is 2.52. The minimum atomic E-state index is 0.145. The second-order valence-corrected chi connectivity index (χ2v) is 6.43. The van der Waals surface area contributed by atoms with E-state index in [0.717, 1.165) is 29.7 Å². The lowest BCUT2D eigenvalue weighted by Crippen LogP contribution is -2.52. The molecule has 2 rings (SSSR count). The molecule has 1 saturated heterocycles. The molecule has 1 atom stereocenters. The summed E-state index contributed by atoms with van der Waals surface area (Å²) in [4.78, 5) is 14.6. The van der Waals surface area contributed by atoms with Crippen LogP contribution in [0.2, 0.25) is 0 Å². The van der Waals surface area contributed by atoms with Gasteiger partial charge in [-0.05, 0) is 38.5 Å². The number of benzene rings is 1. The van der Waals surface area contributed by atoms with Crippen LogP contribution in [0.3, 0.4) is 0 Å². The van der Waals surface area contributed by atoms with Crippen LogP contribution in [0.5, 0.6) is 11.5 Å². The van der Waals surface area contributed by atoms with Gasteiger partial charge in [-0.3, -0.25) is 4.79 Å². The lowest BCUT2D eigenvalue weighted by atomic mass is 10.1. The zero-order chi connectivity index (χ0) is 16.8. The highest BCUT2D eigenvalue weighted by Crippen LogP contribution is 2.34. The summed E-state index contributed by atoms with van der Waals surface area (Å²) in [6, 6.07) is 4.02. The van der Waals surface area contributed by atoms with Crippen molar-refractivity contribution in [1.82, 2.24) is 10.2 Å². The van der Waals surface area contributed by atoms with Crippen molar-refractivity contribution >= 4 is 21.8 Å². The van der Waals surface area contributed by atoms with Gasteiger partial charge in [-0.15, -0.1) is 0 Å². The van der Waals surface area contributed by atoms with E-state index in [9.17, 15) is 4.79 Å². The van der Waals surface area contributed by atoms with Gasteiger partial charge >= 0.3 is 0 Å². The summed E-state index contributed by atoms with van der Waals surface area (Å²) in [6.07, 6.45) is 0.359. The third-order valence-electron chi connectivity index (χ3n) is 3.88. The molecule has 1 aromatic rings. The number of rotatable bonds is 6. The molecule has 0 aromatic heterocycles. The smallest absolute Gasteiger partial charge is 0.227 e. The summed E-state index contributed by atoms with van der Waals surface area (Å²) < 4.78 is 12.1. The number of amides is 1. The first-order valence-electron chi connectivity index (χ1n) is 8.15. The van der Waals surface area contributed by atoms with Crippen LogP contribution in [0.4, 0.5) is 0 Å². The summed E-state index contributed by atoms with van der Waals surface area (Å²) in [5.74, 6) is 1.54. The van der Waals surface area contributed by atoms with Crippen LogP contribution in [0, 0.1) is 0 Å². The molecule has 1 fully saturated rings. The topological polar surface area (TPSA) is 50.8 Å². The Labute approximate surface area is 146 Å². The summed E-state index contributed by atoms with van der Waals surface area (Å²) in [7, 11) is 0. The van der Waals surface area contributed by atoms with Crippen LogP contribution in [-0.4, -0.2) is 49.7 Å². The fourth-order valence-electron chi connectivity index (χ4n) is 2.73. The van der Waals surface area contributed by atoms with Crippen molar-refractivity contribution in [3.8, 4) is 11.5 Å². The number of nitrogens with one attached hydrogen (secondary N) is 1. The SMILES string of the molecule is CCOc1cc(Br)c(CC(=O)N2CCNCC2C)cc1OCC. The molecule has 0 spiro atoms. The molecule has 0 bridgehead atoms. The van der Waals surface area contributed by atoms with E-state index in [-0.39, 0.29) is 11.9 Å². The van der Waals surface area contributed by atoms with E-state index in [1.54, 1.807) is 0 Å². The molecule has 1 amide bonds. The molecule has 1 aromatic carbocycles. The molecule has 1 heterocycles. The maximum atomic E-state index is 12.6. The van der Waals surface area contributed by atoms with Gasteiger partial charge in [-0.25, -0.2) is 0 Å². The predicted molar refractivity (Wildman–Crippen MR) is 94.2 cm³/mol. The first kappa shape index (κ1) is 18.1. The fraction of sp³-hybridized carbons (Fsp3) is 0.588. The van der Waals surface area contributed by atoms with Crippen molar-refractivity contribution in [2.45, 2.75) is 33.2 Å². The Morgan fingerprint density at radius 3 is 2.57 bits per heavy atom. The van der Waals surface area contributed by atoms with E-state index in [1.807, 2.05) is 30.9 Å². The molecule has 1 aliphatic rings. The van der Waals surface area contributed by atoms with Gasteiger partial charge in [0.25, 0.3) is 0 Å². The van der Waals surface area contributed by atoms with Crippen LogP contribution < -0.4 is 14.8 Å². The Morgan fingerprint density at radius 2 is 1.96 bits per heavy atom. The second-order valence-electron chi connectivity index (χ2n) is 5.57. The van der Waals surface area contributed by atoms with E-state index in [2.05, 4.69) is 28.2 Å². The van der Waals surface area contributed by atoms with Gasteiger partial charge in [0.15, 0.2) is 11.5 Å². The Kier molecular flexibility index (Phi) is 6.72. The Bertz CT molecular complexity index is 551. The molecule has 0 saturated carbocycles. The van der Waals surface area contributed by atoms with E-state index in [0.29, 0.717) is 31.1 Å². The normalized spacial score (nSPS) is 17.9. The van der Waals surface area contributed by atoms with Gasteiger partial charge in [-0.2, -0.15) is 0 Å². The highest BCUT2D eigenvalue weighted by Gasteiger charge is 2.24. The predicted octanol–water partition coefficient (Wildman–Crippen LogP) is 2.61. The van der Waals surface area contributed by atoms with Crippen LogP contribution in [0.25, 0.3) is 0 Å². The number of nitrogens with zero attached hydrogens (tertiary/aromatic N) is 1. The highest BCUT2D eigenvalue weighted by molar-refractivity contribution is 9.10. The van der Waals surface area contributed by atoms with Crippen molar-refractivity contribution in [1.29, 1.82) is 0 Å². The number of carbonyl (C=O) groups excluding carboxylic acids is 1. The lowest BCUT2D eigenvalue weighted by molar-refractivity contribution is -0.133. The summed E-state index contributed by atoms with van der Waals surface area (Å²) in [5, 5.41) is 3.30. The van der Waals surface area contributed by atoms with Crippen molar-refractivity contribution in [2.24, 2.45) is 0 Å². The second kappa shape index (κ2) is 8.55. The molecular weight excluding hydrogens is 360 g/mol. The van der Waals surface area contributed by atoms with Crippen molar-refractivity contribution in [3.63, 3.8) is 0 Å². The molecule has 5 nitrogen and oxygen atoms in total. The Morgan fingerprint density at radius 1 is 1.30 bits per heavy atom. The molecule has 0 radical (unpaired) electrons. The number of hydrogen-bond acceptors (Lipinski definition) is 4. The maximum Gasteiger partial charge on any atom is 0.227 e. The van der Waals surface area contributed by atoms with Gasteiger partial charge < -0.3 is 19.7 Å². The van der Waals surface area contributed by atoms with Crippen molar-refractivity contribution in [3.05, 3.63) is 22.2 Å². The summed E-state index contributed by atoms with van der Waals surface area (Å²) in [5.41, 5.74) is 0.924. The molecule has 1 unspecified atom stereocenters. The van der Waals surface area contributed by atoms with Crippen molar-refractivity contribution in [2.75, 3.05) is 32.8 Å². The number of hydrogen-bond donors (Lipinski definition) is 1. The molecule has 0 aliphatic carbocycles. The first-order chi connectivity index (χ1) is 11.1. The largest absolute Gasteiger partial charge is 0.490 e. The number of ether oxygens (including phenoxy) is 2. The van der Waals surface area contributed by atoms with E-state index in [4.69, 9.17) is 9.47 Å². The number of piperazine rings is 1. The summed E-state index contributed by atoms with van der Waals surface area (Å²) in [6.45, 7) is 9.53. The number of halogens is 1. The van der Waals surface area contributed by atoms with Crippen LogP contribution in [-0.2, 0) is 11.2 Å². The van der Waals surface area contributed by atoms with Gasteiger partial charge in [0.2, 0.25) is 5.91 Å². The zero-order valence-corrected chi connectivity index (χ0v) is 15.6. The highest BCUT2D eigenvalue weighted by atomic mass is 79.9. The molecule has 6 heteroatoms. The van der Waals surface area contributed by atoms with Crippen LogP contribution in [0.15, 0.2) is 16.6 Å². The van der Waals surface area contributed by atoms with E-state index >= 15 is 0 Å². The maximum absolute atomic E-state index is 12.6. The molecule has 128 valence electrons. The lowest BCUT2D eigenvalue weighted by Gasteiger charge is -2.34. The first-order valence-corrected chi connectivity index (χ1v) is 8.94. The Balaban J connectivity index is 2.18.